The predicted molar refractivity (Wildman–Crippen MR) is 66.2 cm³/mol. The fourth-order valence-electron chi connectivity index (χ4n) is 0.849. The second-order valence-corrected chi connectivity index (χ2v) is 5.24. The fourth-order valence-corrected chi connectivity index (χ4v) is 0.991. The SMILES string of the molecule is C=C/C(=C/CCCC)NC(=O)C(Cl)(Cl)Cl. The molecule has 0 aromatic rings. The molecule has 86 valence electrons. The quantitative estimate of drug-likeness (QED) is 0.460. The molecule has 0 fully saturated rings. The maximum Gasteiger partial charge on any atom is 0.276 e. The number of amides is 1. The highest BCUT2D eigenvalue weighted by atomic mass is 35.6. The van der Waals surface area contributed by atoms with Gasteiger partial charge < -0.3 is 5.32 Å². The Hall–Kier alpha value is -0.180. The summed E-state index contributed by atoms with van der Waals surface area (Å²) in [7, 11) is 0. The van der Waals surface area contributed by atoms with Crippen LogP contribution >= 0.6 is 34.8 Å². The summed E-state index contributed by atoms with van der Waals surface area (Å²) in [4.78, 5) is 11.3. The van der Waals surface area contributed by atoms with Crippen molar-refractivity contribution in [2.75, 3.05) is 0 Å². The molecule has 2 nitrogen and oxygen atoms in total. The van der Waals surface area contributed by atoms with E-state index >= 15 is 0 Å². The van der Waals surface area contributed by atoms with Gasteiger partial charge in [0.25, 0.3) is 9.70 Å². The van der Waals surface area contributed by atoms with E-state index < -0.39 is 9.70 Å². The Morgan fingerprint density at radius 2 is 2.07 bits per heavy atom. The van der Waals surface area contributed by atoms with Crippen LogP contribution < -0.4 is 5.32 Å². The van der Waals surface area contributed by atoms with Crippen molar-refractivity contribution in [1.82, 2.24) is 5.32 Å². The van der Waals surface area contributed by atoms with Crippen LogP contribution in [-0.4, -0.2) is 9.70 Å². The average Bonchev–Trinajstić information content (AvgIpc) is 2.14. The van der Waals surface area contributed by atoms with Crippen molar-refractivity contribution < 1.29 is 4.79 Å². The summed E-state index contributed by atoms with van der Waals surface area (Å²) in [6, 6.07) is 0. The van der Waals surface area contributed by atoms with E-state index in [4.69, 9.17) is 34.8 Å². The van der Waals surface area contributed by atoms with Crippen LogP contribution in [0, 0.1) is 0 Å². The third-order valence-corrected chi connectivity index (χ3v) is 2.17. The Labute approximate surface area is 105 Å². The van der Waals surface area contributed by atoms with E-state index in [0.717, 1.165) is 19.3 Å². The van der Waals surface area contributed by atoms with Gasteiger partial charge in [0.1, 0.15) is 0 Å². The number of carbonyl (C=O) groups excluding carboxylic acids is 1. The van der Waals surface area contributed by atoms with Gasteiger partial charge in [-0.05, 0) is 18.9 Å². The first-order chi connectivity index (χ1) is 6.91. The zero-order valence-electron chi connectivity index (χ0n) is 8.53. The molecule has 0 aliphatic carbocycles. The van der Waals surface area contributed by atoms with Gasteiger partial charge in [-0.15, -0.1) is 0 Å². The van der Waals surface area contributed by atoms with Crippen molar-refractivity contribution in [2.45, 2.75) is 30.0 Å². The van der Waals surface area contributed by atoms with Crippen molar-refractivity contribution >= 4 is 40.7 Å². The number of nitrogens with one attached hydrogen (secondary N) is 1. The number of carbonyl (C=O) groups is 1. The molecule has 0 aromatic heterocycles. The van der Waals surface area contributed by atoms with Crippen LogP contribution in [0.3, 0.4) is 0 Å². The number of hydrogen-bond acceptors (Lipinski definition) is 1. The smallest absolute Gasteiger partial charge is 0.276 e. The first-order valence-electron chi connectivity index (χ1n) is 4.62. The molecule has 0 heterocycles. The topological polar surface area (TPSA) is 29.1 Å². The number of alkyl halides is 3. The van der Waals surface area contributed by atoms with Crippen LogP contribution in [-0.2, 0) is 4.79 Å². The van der Waals surface area contributed by atoms with E-state index in [1.54, 1.807) is 0 Å². The summed E-state index contributed by atoms with van der Waals surface area (Å²) in [6.45, 7) is 5.65. The van der Waals surface area contributed by atoms with Crippen LogP contribution in [0.5, 0.6) is 0 Å². The highest BCUT2D eigenvalue weighted by Crippen LogP contribution is 2.26. The third kappa shape index (κ3) is 6.82. The van der Waals surface area contributed by atoms with E-state index in [0.29, 0.717) is 5.70 Å². The number of hydrogen-bond donors (Lipinski definition) is 1. The van der Waals surface area contributed by atoms with Crippen molar-refractivity contribution in [3.05, 3.63) is 24.4 Å². The molecular formula is C10H14Cl3NO. The Kier molecular flexibility index (Phi) is 7.07. The summed E-state index contributed by atoms with van der Waals surface area (Å²) >= 11 is 16.2. The molecule has 0 bridgehead atoms. The highest BCUT2D eigenvalue weighted by Gasteiger charge is 2.30. The van der Waals surface area contributed by atoms with Crippen LogP contribution in [0.25, 0.3) is 0 Å². The van der Waals surface area contributed by atoms with Gasteiger partial charge in [-0.2, -0.15) is 0 Å². The molecule has 0 aliphatic rings. The van der Waals surface area contributed by atoms with Gasteiger partial charge in [0.15, 0.2) is 0 Å². The monoisotopic (exact) mass is 269 g/mol. The van der Waals surface area contributed by atoms with Gasteiger partial charge in [-0.3, -0.25) is 4.79 Å². The third-order valence-electron chi connectivity index (χ3n) is 1.66. The minimum Gasteiger partial charge on any atom is -0.323 e. The second kappa shape index (κ2) is 7.15. The Morgan fingerprint density at radius 3 is 2.47 bits per heavy atom. The maximum absolute atomic E-state index is 11.3. The van der Waals surface area contributed by atoms with Gasteiger partial charge in [0.2, 0.25) is 0 Å². The van der Waals surface area contributed by atoms with Gasteiger partial charge in [0, 0.05) is 5.70 Å². The molecule has 15 heavy (non-hydrogen) atoms. The molecule has 0 saturated carbocycles. The van der Waals surface area contributed by atoms with E-state index in [1.165, 1.54) is 6.08 Å². The van der Waals surface area contributed by atoms with Crippen LogP contribution in [0.2, 0.25) is 0 Å². The van der Waals surface area contributed by atoms with E-state index in [2.05, 4.69) is 18.8 Å². The van der Waals surface area contributed by atoms with E-state index in [-0.39, 0.29) is 0 Å². The molecule has 0 saturated heterocycles. The number of allylic oxidation sites excluding steroid dienone is 2. The Morgan fingerprint density at radius 1 is 1.47 bits per heavy atom. The van der Waals surface area contributed by atoms with E-state index in [1.807, 2.05) is 6.08 Å². The summed E-state index contributed by atoms with van der Waals surface area (Å²) in [6.07, 6.45) is 6.35. The summed E-state index contributed by atoms with van der Waals surface area (Å²) in [5.41, 5.74) is 0.569. The summed E-state index contributed by atoms with van der Waals surface area (Å²) in [5, 5.41) is 2.47. The molecule has 0 radical (unpaired) electrons. The zero-order valence-corrected chi connectivity index (χ0v) is 10.8. The lowest BCUT2D eigenvalue weighted by atomic mass is 10.2. The molecule has 1 N–H and O–H groups in total. The Bertz CT molecular complexity index is 256. The lowest BCUT2D eigenvalue weighted by Gasteiger charge is -2.11. The molecule has 0 rings (SSSR count). The van der Waals surface area contributed by atoms with Gasteiger partial charge >= 0.3 is 0 Å². The van der Waals surface area contributed by atoms with Crippen molar-refractivity contribution in [1.29, 1.82) is 0 Å². The molecule has 1 amide bonds. The number of unbranched alkanes of at least 4 members (excludes halogenated alkanes) is 2. The highest BCUT2D eigenvalue weighted by molar-refractivity contribution is 6.76. The van der Waals surface area contributed by atoms with Crippen molar-refractivity contribution in [3.63, 3.8) is 0 Å². The first-order valence-corrected chi connectivity index (χ1v) is 5.76. The molecule has 0 aliphatic heterocycles. The van der Waals surface area contributed by atoms with Gasteiger partial charge in [0.05, 0.1) is 0 Å². The predicted octanol–water partition coefficient (Wildman–Crippen LogP) is 3.73. The fraction of sp³-hybridized carbons (Fsp3) is 0.500. The number of halogens is 3. The van der Waals surface area contributed by atoms with Gasteiger partial charge in [-0.1, -0.05) is 60.8 Å². The lowest BCUT2D eigenvalue weighted by molar-refractivity contribution is -0.119. The molecule has 0 atom stereocenters. The number of rotatable bonds is 5. The van der Waals surface area contributed by atoms with E-state index in [9.17, 15) is 4.79 Å². The minimum atomic E-state index is -1.94. The van der Waals surface area contributed by atoms with Crippen molar-refractivity contribution in [2.24, 2.45) is 0 Å². The Balaban J connectivity index is 4.27. The second-order valence-electron chi connectivity index (χ2n) is 2.96. The first kappa shape index (κ1) is 14.8. The average molecular weight is 271 g/mol. The van der Waals surface area contributed by atoms with Crippen LogP contribution in [0.15, 0.2) is 24.4 Å². The summed E-state index contributed by atoms with van der Waals surface area (Å²) in [5.74, 6) is -0.671. The standard InChI is InChI=1S/C10H14Cl3NO/c1-3-5-6-7-8(4-2)14-9(15)10(11,12)13/h4,7H,2-3,5-6H2,1H3,(H,14,15)/b8-7-. The van der Waals surface area contributed by atoms with Crippen LogP contribution in [0.1, 0.15) is 26.2 Å². The van der Waals surface area contributed by atoms with Crippen LogP contribution in [0.4, 0.5) is 0 Å². The normalized spacial score (nSPS) is 12.4. The summed E-state index contributed by atoms with van der Waals surface area (Å²) < 4.78 is -1.94. The molecule has 0 spiro atoms. The minimum absolute atomic E-state index is 0.569. The van der Waals surface area contributed by atoms with Gasteiger partial charge in [-0.25, -0.2) is 0 Å². The zero-order chi connectivity index (χ0) is 11.9. The molecule has 0 aromatic carbocycles. The molecule has 5 heteroatoms. The largest absolute Gasteiger partial charge is 0.323 e. The molecular weight excluding hydrogens is 256 g/mol. The van der Waals surface area contributed by atoms with Crippen molar-refractivity contribution in [3.8, 4) is 0 Å². The molecule has 0 unspecified atom stereocenters. The lowest BCUT2D eigenvalue weighted by Crippen LogP contribution is -2.33. The maximum atomic E-state index is 11.3.